The molecule has 0 aliphatic carbocycles. The highest BCUT2D eigenvalue weighted by Crippen LogP contribution is 2.34. The molecule has 3 rings (SSSR count). The Labute approximate surface area is 191 Å². The number of nitro groups is 2. The van der Waals surface area contributed by atoms with Crippen LogP contribution in [-0.4, -0.2) is 28.6 Å². The summed E-state index contributed by atoms with van der Waals surface area (Å²) in [7, 11) is 0. The van der Waals surface area contributed by atoms with E-state index in [4.69, 9.17) is 21.1 Å². The second-order valence-corrected chi connectivity index (χ2v) is 6.82. The molecule has 1 amide bonds. The second-order valence-electron chi connectivity index (χ2n) is 6.38. The third-order valence-corrected chi connectivity index (χ3v) is 4.24. The van der Waals surface area contributed by atoms with E-state index in [1.165, 1.54) is 12.3 Å². The van der Waals surface area contributed by atoms with Gasteiger partial charge >= 0.3 is 5.69 Å². The Morgan fingerprint density at radius 2 is 1.76 bits per heavy atom. The van der Waals surface area contributed by atoms with Crippen LogP contribution in [0.5, 0.6) is 17.2 Å². The van der Waals surface area contributed by atoms with Gasteiger partial charge in [-0.25, -0.2) is 5.43 Å². The van der Waals surface area contributed by atoms with E-state index < -0.39 is 27.1 Å². The van der Waals surface area contributed by atoms with Crippen LogP contribution >= 0.6 is 11.6 Å². The lowest BCUT2D eigenvalue weighted by atomic mass is 10.2. The van der Waals surface area contributed by atoms with Gasteiger partial charge in [-0.05, 0) is 42.0 Å². The number of halogens is 1. The summed E-state index contributed by atoms with van der Waals surface area (Å²) in [6.45, 7) is -0.273. The number of benzene rings is 3. The maximum Gasteiger partial charge on any atom is 0.318 e. The van der Waals surface area contributed by atoms with E-state index in [1.807, 2.05) is 0 Å². The number of hydrogen-bond acceptors (Lipinski definition) is 8. The van der Waals surface area contributed by atoms with E-state index in [2.05, 4.69) is 10.5 Å². The Morgan fingerprint density at radius 3 is 2.48 bits per heavy atom. The third-order valence-electron chi connectivity index (χ3n) is 4.00. The standard InChI is InChI=1S/C21H15ClN4O7/c22-15-4-2-5-17(10-15)32-13-21(27)24-23-12-14-3-1-6-18(9-14)33-20-8-7-16(25(28)29)11-19(20)26(30)31/h1-12H,13H2,(H,24,27)/b23-12-. The third kappa shape index (κ3) is 6.74. The minimum absolute atomic E-state index is 0.161. The predicted molar refractivity (Wildman–Crippen MR) is 119 cm³/mol. The summed E-state index contributed by atoms with van der Waals surface area (Å²) in [5.41, 5.74) is 1.85. The summed E-state index contributed by atoms with van der Waals surface area (Å²) in [5, 5.41) is 26.4. The first-order valence-electron chi connectivity index (χ1n) is 9.23. The van der Waals surface area contributed by atoms with Crippen LogP contribution in [0.4, 0.5) is 11.4 Å². The first-order valence-corrected chi connectivity index (χ1v) is 9.60. The largest absolute Gasteiger partial charge is 0.484 e. The number of nitrogens with zero attached hydrogens (tertiary/aromatic N) is 3. The molecule has 0 unspecified atom stereocenters. The average molecular weight is 471 g/mol. The number of nitro benzene ring substituents is 2. The van der Waals surface area contributed by atoms with Crippen molar-refractivity contribution in [3.05, 3.63) is 97.5 Å². The van der Waals surface area contributed by atoms with Crippen molar-refractivity contribution in [2.45, 2.75) is 0 Å². The molecule has 168 valence electrons. The maximum atomic E-state index is 11.9. The zero-order chi connectivity index (χ0) is 23.8. The van der Waals surface area contributed by atoms with Gasteiger partial charge in [0, 0.05) is 11.1 Å². The van der Waals surface area contributed by atoms with Crippen LogP contribution in [0.3, 0.4) is 0 Å². The molecule has 11 nitrogen and oxygen atoms in total. The number of carbonyl (C=O) groups excluding carboxylic acids is 1. The minimum atomic E-state index is -0.769. The van der Waals surface area contributed by atoms with Gasteiger partial charge in [0.1, 0.15) is 11.5 Å². The predicted octanol–water partition coefficient (Wildman–Crippen LogP) is 4.48. The summed E-state index contributed by atoms with van der Waals surface area (Å²) in [4.78, 5) is 32.4. The van der Waals surface area contributed by atoms with Gasteiger partial charge in [0.15, 0.2) is 6.61 Å². The van der Waals surface area contributed by atoms with Crippen LogP contribution in [-0.2, 0) is 4.79 Å². The molecule has 1 N–H and O–H groups in total. The molecule has 0 spiro atoms. The van der Waals surface area contributed by atoms with Crippen LogP contribution < -0.4 is 14.9 Å². The normalized spacial score (nSPS) is 10.6. The number of amides is 1. The quantitative estimate of drug-likeness (QED) is 0.275. The fourth-order valence-corrected chi connectivity index (χ4v) is 2.73. The van der Waals surface area contributed by atoms with Gasteiger partial charge in [-0.2, -0.15) is 5.10 Å². The summed E-state index contributed by atoms with van der Waals surface area (Å²) in [6.07, 6.45) is 1.34. The summed E-state index contributed by atoms with van der Waals surface area (Å²) in [6, 6.07) is 16.0. The van der Waals surface area contributed by atoms with Crippen molar-refractivity contribution in [1.29, 1.82) is 0 Å². The van der Waals surface area contributed by atoms with Gasteiger partial charge in [0.25, 0.3) is 11.6 Å². The molecule has 33 heavy (non-hydrogen) atoms. The van der Waals surface area contributed by atoms with Gasteiger partial charge in [-0.3, -0.25) is 25.0 Å². The molecular weight excluding hydrogens is 456 g/mol. The fourth-order valence-electron chi connectivity index (χ4n) is 2.55. The van der Waals surface area contributed by atoms with E-state index in [-0.39, 0.29) is 18.1 Å². The zero-order valence-corrected chi connectivity index (χ0v) is 17.5. The summed E-state index contributed by atoms with van der Waals surface area (Å²) in [5.74, 6) is 0.00428. The van der Waals surface area contributed by atoms with Gasteiger partial charge < -0.3 is 9.47 Å². The molecule has 0 fully saturated rings. The monoisotopic (exact) mass is 470 g/mol. The van der Waals surface area contributed by atoms with Crippen LogP contribution in [0.2, 0.25) is 5.02 Å². The van der Waals surface area contributed by atoms with Crippen LogP contribution in [0.25, 0.3) is 0 Å². The molecule has 3 aromatic rings. The molecule has 0 aliphatic heterocycles. The zero-order valence-electron chi connectivity index (χ0n) is 16.7. The summed E-state index contributed by atoms with van der Waals surface area (Å²) >= 11 is 5.84. The smallest absolute Gasteiger partial charge is 0.318 e. The number of hydrazone groups is 1. The van der Waals surface area contributed by atoms with Crippen molar-refractivity contribution in [3.8, 4) is 17.2 Å². The van der Waals surface area contributed by atoms with Crippen molar-refractivity contribution >= 4 is 35.1 Å². The lowest BCUT2D eigenvalue weighted by Crippen LogP contribution is -2.24. The van der Waals surface area contributed by atoms with Crippen molar-refractivity contribution in [2.75, 3.05) is 6.61 Å². The molecule has 0 bridgehead atoms. The number of hydrogen-bond donors (Lipinski definition) is 1. The first kappa shape index (κ1) is 23.2. The van der Waals surface area contributed by atoms with Crippen LogP contribution in [0.15, 0.2) is 71.8 Å². The van der Waals surface area contributed by atoms with E-state index >= 15 is 0 Å². The fraction of sp³-hybridized carbons (Fsp3) is 0.0476. The second kappa shape index (κ2) is 10.7. The lowest BCUT2D eigenvalue weighted by molar-refractivity contribution is -0.394. The molecular formula is C21H15ClN4O7. The topological polar surface area (TPSA) is 146 Å². The molecule has 0 aromatic heterocycles. The Bertz CT molecular complexity index is 1230. The molecule has 12 heteroatoms. The van der Waals surface area contributed by atoms with Crippen molar-refractivity contribution in [1.82, 2.24) is 5.43 Å². The molecule has 0 aliphatic rings. The van der Waals surface area contributed by atoms with Gasteiger partial charge in [-0.15, -0.1) is 0 Å². The molecule has 0 radical (unpaired) electrons. The highest BCUT2D eigenvalue weighted by atomic mass is 35.5. The number of nitrogens with one attached hydrogen (secondary N) is 1. The number of non-ortho nitro benzene ring substituents is 1. The van der Waals surface area contributed by atoms with Crippen LogP contribution in [0.1, 0.15) is 5.56 Å². The molecule has 0 saturated carbocycles. The minimum Gasteiger partial charge on any atom is -0.484 e. The van der Waals surface area contributed by atoms with E-state index in [1.54, 1.807) is 42.5 Å². The van der Waals surface area contributed by atoms with E-state index in [0.29, 0.717) is 16.3 Å². The van der Waals surface area contributed by atoms with E-state index in [0.717, 1.165) is 18.2 Å². The van der Waals surface area contributed by atoms with Gasteiger partial charge in [0.05, 0.1) is 22.1 Å². The first-order chi connectivity index (χ1) is 15.8. The Hall–Kier alpha value is -4.51. The van der Waals surface area contributed by atoms with E-state index in [9.17, 15) is 25.0 Å². The number of rotatable bonds is 9. The van der Waals surface area contributed by atoms with Gasteiger partial charge in [-0.1, -0.05) is 29.8 Å². The Morgan fingerprint density at radius 1 is 1.00 bits per heavy atom. The highest BCUT2D eigenvalue weighted by molar-refractivity contribution is 6.30. The van der Waals surface area contributed by atoms with Crippen LogP contribution in [0, 0.1) is 20.2 Å². The molecule has 3 aromatic carbocycles. The molecule has 0 heterocycles. The SMILES string of the molecule is O=C(COc1cccc(Cl)c1)N/N=C\c1cccc(Oc2ccc([N+](=O)[O-])cc2[N+](=O)[O-])c1. The lowest BCUT2D eigenvalue weighted by Gasteiger charge is -2.07. The van der Waals surface area contributed by atoms with Crippen molar-refractivity contribution < 1.29 is 24.1 Å². The Balaban J connectivity index is 1.61. The average Bonchev–Trinajstić information content (AvgIpc) is 2.78. The van der Waals surface area contributed by atoms with Gasteiger partial charge in [0.2, 0.25) is 5.75 Å². The summed E-state index contributed by atoms with van der Waals surface area (Å²) < 4.78 is 10.8. The van der Waals surface area contributed by atoms with Crippen molar-refractivity contribution in [3.63, 3.8) is 0 Å². The Kier molecular flexibility index (Phi) is 7.50. The number of ether oxygens (including phenoxy) is 2. The highest BCUT2D eigenvalue weighted by Gasteiger charge is 2.21. The number of carbonyl (C=O) groups is 1. The van der Waals surface area contributed by atoms with Crippen molar-refractivity contribution in [2.24, 2.45) is 5.10 Å². The maximum absolute atomic E-state index is 11.9. The molecule has 0 atom stereocenters. The molecule has 0 saturated heterocycles.